The van der Waals surface area contributed by atoms with E-state index in [0.717, 1.165) is 0 Å². The molecule has 0 atom stereocenters. The van der Waals surface area contributed by atoms with Crippen LogP contribution in [-0.4, -0.2) is 21.4 Å². The topological polar surface area (TPSA) is 84.5 Å². The molecule has 28 heavy (non-hydrogen) atoms. The van der Waals surface area contributed by atoms with Crippen LogP contribution >= 0.6 is 0 Å². The summed E-state index contributed by atoms with van der Waals surface area (Å²) in [5, 5.41) is 2.80. The van der Waals surface area contributed by atoms with Gasteiger partial charge < -0.3 is 10.1 Å². The van der Waals surface area contributed by atoms with Crippen LogP contribution < -0.4 is 14.8 Å². The summed E-state index contributed by atoms with van der Waals surface area (Å²) in [6.07, 6.45) is 0. The third-order valence-corrected chi connectivity index (χ3v) is 5.51. The van der Waals surface area contributed by atoms with Gasteiger partial charge in [0.05, 0.1) is 12.0 Å². The van der Waals surface area contributed by atoms with Crippen molar-refractivity contribution in [2.45, 2.75) is 11.8 Å². The fraction of sp³-hybridized carbons (Fsp3) is 0.0952. The number of benzene rings is 3. The van der Waals surface area contributed by atoms with Gasteiger partial charge in [-0.1, -0.05) is 18.2 Å². The Morgan fingerprint density at radius 3 is 2.21 bits per heavy atom. The molecule has 3 aromatic rings. The highest BCUT2D eigenvalue weighted by molar-refractivity contribution is 7.92. The van der Waals surface area contributed by atoms with Crippen LogP contribution in [0.3, 0.4) is 0 Å². The number of anilines is 2. The molecule has 0 saturated heterocycles. The van der Waals surface area contributed by atoms with Gasteiger partial charge in [0.2, 0.25) is 0 Å². The van der Waals surface area contributed by atoms with Crippen LogP contribution in [0, 0.1) is 6.92 Å². The van der Waals surface area contributed by atoms with Crippen molar-refractivity contribution in [1.29, 1.82) is 0 Å². The first kappa shape index (κ1) is 19.4. The van der Waals surface area contributed by atoms with Gasteiger partial charge in [-0.05, 0) is 67.1 Å². The maximum atomic E-state index is 12.6. The Bertz CT molecular complexity index is 1080. The quantitative estimate of drug-likeness (QED) is 0.658. The Morgan fingerprint density at radius 1 is 0.929 bits per heavy atom. The minimum Gasteiger partial charge on any atom is -0.497 e. The lowest BCUT2D eigenvalue weighted by Gasteiger charge is -2.12. The summed E-state index contributed by atoms with van der Waals surface area (Å²) in [5.74, 6) is 0.382. The van der Waals surface area contributed by atoms with E-state index in [0.29, 0.717) is 28.3 Å². The molecule has 1 amide bonds. The molecule has 0 unspecified atom stereocenters. The highest BCUT2D eigenvalue weighted by Crippen LogP contribution is 2.23. The molecule has 0 saturated carbocycles. The Balaban J connectivity index is 1.77. The molecule has 3 aromatic carbocycles. The predicted octanol–water partition coefficient (Wildman–Crippen LogP) is 4.06. The first-order valence-corrected chi connectivity index (χ1v) is 10.0. The number of hydrogen-bond donors (Lipinski definition) is 2. The van der Waals surface area contributed by atoms with Crippen molar-refractivity contribution in [2.24, 2.45) is 0 Å². The molecular weight excluding hydrogens is 376 g/mol. The molecule has 0 radical (unpaired) electrons. The second-order valence-electron chi connectivity index (χ2n) is 6.13. The fourth-order valence-electron chi connectivity index (χ4n) is 2.60. The summed E-state index contributed by atoms with van der Waals surface area (Å²) in [6.45, 7) is 1.74. The van der Waals surface area contributed by atoms with E-state index in [4.69, 9.17) is 4.74 Å². The van der Waals surface area contributed by atoms with E-state index < -0.39 is 10.0 Å². The number of amides is 1. The van der Waals surface area contributed by atoms with Crippen LogP contribution in [0.25, 0.3) is 0 Å². The zero-order valence-electron chi connectivity index (χ0n) is 15.5. The molecule has 144 valence electrons. The first-order chi connectivity index (χ1) is 13.4. The number of carbonyl (C=O) groups is 1. The molecule has 0 aliphatic carbocycles. The largest absolute Gasteiger partial charge is 0.497 e. The SMILES string of the molecule is COc1ccc(NS(=O)(=O)c2ccc(NC(=O)c3ccccc3)c(C)c2)cc1. The molecule has 0 aromatic heterocycles. The van der Waals surface area contributed by atoms with E-state index in [9.17, 15) is 13.2 Å². The van der Waals surface area contributed by atoms with Gasteiger partial charge in [0.1, 0.15) is 5.75 Å². The molecule has 0 spiro atoms. The number of rotatable bonds is 6. The van der Waals surface area contributed by atoms with E-state index in [1.54, 1.807) is 68.6 Å². The average molecular weight is 396 g/mol. The summed E-state index contributed by atoms with van der Waals surface area (Å²) >= 11 is 0. The van der Waals surface area contributed by atoms with Crippen LogP contribution in [0.2, 0.25) is 0 Å². The first-order valence-electron chi connectivity index (χ1n) is 8.53. The Morgan fingerprint density at radius 2 is 1.61 bits per heavy atom. The maximum Gasteiger partial charge on any atom is 0.261 e. The van der Waals surface area contributed by atoms with Crippen molar-refractivity contribution in [3.05, 3.63) is 83.9 Å². The molecule has 0 bridgehead atoms. The van der Waals surface area contributed by atoms with E-state index in [2.05, 4.69) is 10.0 Å². The molecule has 0 fully saturated rings. The summed E-state index contributed by atoms with van der Waals surface area (Å²) in [4.78, 5) is 12.4. The highest BCUT2D eigenvalue weighted by atomic mass is 32.2. The lowest BCUT2D eigenvalue weighted by atomic mass is 10.1. The van der Waals surface area contributed by atoms with Gasteiger partial charge >= 0.3 is 0 Å². The smallest absolute Gasteiger partial charge is 0.261 e. The van der Waals surface area contributed by atoms with Crippen LogP contribution in [0.1, 0.15) is 15.9 Å². The van der Waals surface area contributed by atoms with Gasteiger partial charge in [0.15, 0.2) is 0 Å². The molecule has 6 nitrogen and oxygen atoms in total. The van der Waals surface area contributed by atoms with Crippen molar-refractivity contribution in [1.82, 2.24) is 0 Å². The lowest BCUT2D eigenvalue weighted by molar-refractivity contribution is 0.102. The van der Waals surface area contributed by atoms with E-state index in [-0.39, 0.29) is 10.8 Å². The number of aryl methyl sites for hydroxylation is 1. The fourth-order valence-corrected chi connectivity index (χ4v) is 3.74. The minimum absolute atomic E-state index is 0.110. The third-order valence-electron chi connectivity index (χ3n) is 4.13. The average Bonchev–Trinajstić information content (AvgIpc) is 2.70. The molecule has 3 rings (SSSR count). The number of nitrogens with one attached hydrogen (secondary N) is 2. The molecule has 0 heterocycles. The number of hydrogen-bond acceptors (Lipinski definition) is 4. The molecule has 0 aliphatic heterocycles. The summed E-state index contributed by atoms with van der Waals surface area (Å²) in [6, 6.07) is 20.0. The van der Waals surface area contributed by atoms with Crippen molar-refractivity contribution in [3.8, 4) is 5.75 Å². The second kappa shape index (κ2) is 8.14. The van der Waals surface area contributed by atoms with Crippen LogP contribution in [0.4, 0.5) is 11.4 Å². The van der Waals surface area contributed by atoms with Crippen molar-refractivity contribution >= 4 is 27.3 Å². The number of carbonyl (C=O) groups excluding carboxylic acids is 1. The van der Waals surface area contributed by atoms with Gasteiger partial charge in [-0.25, -0.2) is 8.42 Å². The van der Waals surface area contributed by atoms with Gasteiger partial charge in [0.25, 0.3) is 15.9 Å². The number of sulfonamides is 1. The zero-order chi connectivity index (χ0) is 20.1. The van der Waals surface area contributed by atoms with Gasteiger partial charge in [0, 0.05) is 16.9 Å². The van der Waals surface area contributed by atoms with Crippen LogP contribution in [0.5, 0.6) is 5.75 Å². The maximum absolute atomic E-state index is 12.6. The zero-order valence-corrected chi connectivity index (χ0v) is 16.3. The second-order valence-corrected chi connectivity index (χ2v) is 7.81. The van der Waals surface area contributed by atoms with E-state index in [1.165, 1.54) is 12.1 Å². The standard InChI is InChI=1S/C21H20N2O4S/c1-15-14-19(28(25,26)23-17-8-10-18(27-2)11-9-17)12-13-20(15)22-21(24)16-6-4-3-5-7-16/h3-14,23H,1-2H3,(H,22,24). The predicted molar refractivity (Wildman–Crippen MR) is 109 cm³/mol. The third kappa shape index (κ3) is 4.50. The van der Waals surface area contributed by atoms with Crippen LogP contribution in [-0.2, 0) is 10.0 Å². The Hall–Kier alpha value is -3.32. The Kier molecular flexibility index (Phi) is 5.65. The molecular formula is C21H20N2O4S. The summed E-state index contributed by atoms with van der Waals surface area (Å²) in [5.41, 5.74) is 2.15. The molecule has 2 N–H and O–H groups in total. The highest BCUT2D eigenvalue weighted by Gasteiger charge is 2.16. The normalized spacial score (nSPS) is 10.9. The van der Waals surface area contributed by atoms with Gasteiger partial charge in [-0.15, -0.1) is 0 Å². The van der Waals surface area contributed by atoms with Crippen molar-refractivity contribution in [2.75, 3.05) is 17.1 Å². The number of ether oxygens (including phenoxy) is 1. The Labute approximate surface area is 164 Å². The van der Waals surface area contributed by atoms with E-state index in [1.807, 2.05) is 6.07 Å². The summed E-state index contributed by atoms with van der Waals surface area (Å²) in [7, 11) is -2.21. The molecule has 7 heteroatoms. The minimum atomic E-state index is -3.76. The molecule has 0 aliphatic rings. The summed E-state index contributed by atoms with van der Waals surface area (Å²) < 4.78 is 32.9. The van der Waals surface area contributed by atoms with Gasteiger partial charge in [-0.3, -0.25) is 9.52 Å². The van der Waals surface area contributed by atoms with Crippen molar-refractivity contribution in [3.63, 3.8) is 0 Å². The van der Waals surface area contributed by atoms with Gasteiger partial charge in [-0.2, -0.15) is 0 Å². The number of methoxy groups -OCH3 is 1. The lowest BCUT2D eigenvalue weighted by Crippen LogP contribution is -2.15. The monoisotopic (exact) mass is 396 g/mol. The van der Waals surface area contributed by atoms with E-state index >= 15 is 0 Å². The van der Waals surface area contributed by atoms with Crippen LogP contribution in [0.15, 0.2) is 77.7 Å². The van der Waals surface area contributed by atoms with Crippen molar-refractivity contribution < 1.29 is 17.9 Å².